The second-order valence-electron chi connectivity index (χ2n) is 4.75. The third-order valence-corrected chi connectivity index (χ3v) is 2.89. The van der Waals surface area contributed by atoms with Crippen LogP contribution in [0.2, 0.25) is 0 Å². The fourth-order valence-corrected chi connectivity index (χ4v) is 1.86. The lowest BCUT2D eigenvalue weighted by Gasteiger charge is -2.16. The molecule has 0 fully saturated rings. The number of likely N-dealkylation sites (N-methyl/N-ethyl adjacent to an activating group) is 1. The number of nitrogens with zero attached hydrogens (tertiary/aromatic N) is 1. The van der Waals surface area contributed by atoms with Crippen LogP contribution < -0.4 is 10.6 Å². The van der Waals surface area contributed by atoms with Gasteiger partial charge in [0.05, 0.1) is 6.54 Å². The Kier molecular flexibility index (Phi) is 6.73. The van der Waals surface area contributed by atoms with Crippen LogP contribution in [0.1, 0.15) is 25.0 Å². The second-order valence-corrected chi connectivity index (χ2v) is 4.75. The van der Waals surface area contributed by atoms with E-state index in [9.17, 15) is 9.59 Å². The standard InChI is InChI=1S/C15H23N3O2/c1-4-12-6-8-13(9-7-12)10-18(3)11-14(19)17-15(20)16-5-2/h6-9H,4-5,10-11H2,1-3H3,(H2,16,17,19,20). The topological polar surface area (TPSA) is 61.4 Å². The number of benzene rings is 1. The third-order valence-electron chi connectivity index (χ3n) is 2.89. The molecule has 110 valence electrons. The van der Waals surface area contributed by atoms with Gasteiger partial charge in [0.1, 0.15) is 0 Å². The van der Waals surface area contributed by atoms with E-state index in [1.165, 1.54) is 5.56 Å². The maximum Gasteiger partial charge on any atom is 0.321 e. The van der Waals surface area contributed by atoms with Gasteiger partial charge in [0.15, 0.2) is 0 Å². The number of nitrogens with one attached hydrogen (secondary N) is 2. The second kappa shape index (κ2) is 8.32. The van der Waals surface area contributed by atoms with Gasteiger partial charge in [-0.1, -0.05) is 31.2 Å². The summed E-state index contributed by atoms with van der Waals surface area (Å²) in [4.78, 5) is 24.7. The van der Waals surface area contributed by atoms with Crippen LogP contribution in [-0.4, -0.2) is 37.0 Å². The fraction of sp³-hybridized carbons (Fsp3) is 0.467. The Morgan fingerprint density at radius 1 is 1.10 bits per heavy atom. The third kappa shape index (κ3) is 5.84. The Balaban J connectivity index is 2.40. The molecular formula is C15H23N3O2. The highest BCUT2D eigenvalue weighted by atomic mass is 16.2. The molecule has 0 heterocycles. The van der Waals surface area contributed by atoms with Gasteiger partial charge in [0.25, 0.3) is 0 Å². The molecule has 3 amide bonds. The summed E-state index contributed by atoms with van der Waals surface area (Å²) in [5.74, 6) is -0.302. The predicted molar refractivity (Wildman–Crippen MR) is 79.4 cm³/mol. The lowest BCUT2D eigenvalue weighted by molar-refractivity contribution is -0.120. The van der Waals surface area contributed by atoms with E-state index in [1.54, 1.807) is 6.92 Å². The first-order valence-electron chi connectivity index (χ1n) is 6.89. The Hall–Kier alpha value is -1.88. The summed E-state index contributed by atoms with van der Waals surface area (Å²) in [6.07, 6.45) is 1.02. The van der Waals surface area contributed by atoms with Crippen LogP contribution in [0.3, 0.4) is 0 Å². The van der Waals surface area contributed by atoms with Crippen molar-refractivity contribution in [2.75, 3.05) is 20.1 Å². The summed E-state index contributed by atoms with van der Waals surface area (Å²) in [6, 6.07) is 7.88. The summed E-state index contributed by atoms with van der Waals surface area (Å²) in [7, 11) is 1.85. The first-order valence-corrected chi connectivity index (χ1v) is 6.89. The molecule has 0 spiro atoms. The molecule has 5 nitrogen and oxygen atoms in total. The number of amides is 3. The van der Waals surface area contributed by atoms with Crippen molar-refractivity contribution in [3.8, 4) is 0 Å². The summed E-state index contributed by atoms with van der Waals surface area (Å²) >= 11 is 0. The van der Waals surface area contributed by atoms with Gasteiger partial charge in [0, 0.05) is 13.1 Å². The zero-order chi connectivity index (χ0) is 15.0. The SMILES string of the molecule is CCNC(=O)NC(=O)CN(C)Cc1ccc(CC)cc1. The highest BCUT2D eigenvalue weighted by Crippen LogP contribution is 2.07. The molecule has 0 aromatic heterocycles. The molecule has 0 saturated heterocycles. The van der Waals surface area contributed by atoms with Crippen molar-refractivity contribution in [2.24, 2.45) is 0 Å². The van der Waals surface area contributed by atoms with Crippen LogP contribution in [0.15, 0.2) is 24.3 Å². The van der Waals surface area contributed by atoms with Gasteiger partial charge >= 0.3 is 6.03 Å². The number of carbonyl (C=O) groups is 2. The van der Waals surface area contributed by atoms with Gasteiger partial charge in [-0.05, 0) is 31.5 Å². The summed E-state index contributed by atoms with van der Waals surface area (Å²) in [6.45, 7) is 5.28. The summed E-state index contributed by atoms with van der Waals surface area (Å²) < 4.78 is 0. The summed E-state index contributed by atoms with van der Waals surface area (Å²) in [5.41, 5.74) is 2.45. The average molecular weight is 277 g/mol. The van der Waals surface area contributed by atoms with Crippen LogP contribution in [0.5, 0.6) is 0 Å². The molecule has 5 heteroatoms. The Morgan fingerprint density at radius 2 is 1.70 bits per heavy atom. The molecule has 0 radical (unpaired) electrons. The molecule has 1 aromatic carbocycles. The van der Waals surface area contributed by atoms with Crippen LogP contribution in [0.25, 0.3) is 0 Å². The highest BCUT2D eigenvalue weighted by molar-refractivity contribution is 5.95. The molecular weight excluding hydrogens is 254 g/mol. The van der Waals surface area contributed by atoms with Crippen LogP contribution >= 0.6 is 0 Å². The zero-order valence-electron chi connectivity index (χ0n) is 12.4. The Labute approximate surface area is 120 Å². The maximum atomic E-state index is 11.6. The Morgan fingerprint density at radius 3 is 2.25 bits per heavy atom. The number of aryl methyl sites for hydroxylation is 1. The quantitative estimate of drug-likeness (QED) is 0.829. The minimum absolute atomic E-state index is 0.187. The molecule has 0 saturated carbocycles. The van der Waals surface area contributed by atoms with Crippen molar-refractivity contribution in [1.29, 1.82) is 0 Å². The number of rotatable bonds is 6. The zero-order valence-corrected chi connectivity index (χ0v) is 12.4. The van der Waals surface area contributed by atoms with Crippen LogP contribution in [-0.2, 0) is 17.8 Å². The minimum atomic E-state index is -0.446. The van der Waals surface area contributed by atoms with Crippen molar-refractivity contribution < 1.29 is 9.59 Å². The van der Waals surface area contributed by atoms with E-state index in [1.807, 2.05) is 11.9 Å². The van der Waals surface area contributed by atoms with E-state index < -0.39 is 6.03 Å². The molecule has 0 unspecified atom stereocenters. The number of imide groups is 1. The van der Waals surface area contributed by atoms with Gasteiger partial charge in [0.2, 0.25) is 5.91 Å². The number of carbonyl (C=O) groups excluding carboxylic acids is 2. The van der Waals surface area contributed by atoms with Gasteiger partial charge in [-0.15, -0.1) is 0 Å². The lowest BCUT2D eigenvalue weighted by atomic mass is 10.1. The van der Waals surface area contributed by atoms with Crippen molar-refractivity contribution in [3.05, 3.63) is 35.4 Å². The van der Waals surface area contributed by atoms with Crippen molar-refractivity contribution in [2.45, 2.75) is 26.8 Å². The minimum Gasteiger partial charge on any atom is -0.338 e. The molecule has 1 rings (SSSR count). The van der Waals surface area contributed by atoms with Gasteiger partial charge in [-0.3, -0.25) is 15.0 Å². The van der Waals surface area contributed by atoms with E-state index in [0.29, 0.717) is 13.1 Å². The Bertz CT molecular complexity index is 443. The molecule has 0 bridgehead atoms. The lowest BCUT2D eigenvalue weighted by Crippen LogP contribution is -2.43. The first-order chi connectivity index (χ1) is 9.55. The molecule has 0 atom stereocenters. The van der Waals surface area contributed by atoms with E-state index in [0.717, 1.165) is 12.0 Å². The molecule has 0 aliphatic rings. The van der Waals surface area contributed by atoms with Crippen molar-refractivity contribution in [1.82, 2.24) is 15.5 Å². The van der Waals surface area contributed by atoms with Crippen molar-refractivity contribution >= 4 is 11.9 Å². The van der Waals surface area contributed by atoms with E-state index in [2.05, 4.69) is 41.8 Å². The smallest absolute Gasteiger partial charge is 0.321 e. The number of hydrogen-bond donors (Lipinski definition) is 2. The maximum absolute atomic E-state index is 11.6. The monoisotopic (exact) mass is 277 g/mol. The molecule has 0 aliphatic carbocycles. The largest absolute Gasteiger partial charge is 0.338 e. The molecule has 1 aromatic rings. The van der Waals surface area contributed by atoms with Gasteiger partial charge in [-0.2, -0.15) is 0 Å². The first kappa shape index (κ1) is 16.2. The molecule has 20 heavy (non-hydrogen) atoms. The van der Waals surface area contributed by atoms with E-state index >= 15 is 0 Å². The molecule has 0 aliphatic heterocycles. The van der Waals surface area contributed by atoms with Gasteiger partial charge in [-0.25, -0.2) is 4.79 Å². The van der Waals surface area contributed by atoms with Crippen molar-refractivity contribution in [3.63, 3.8) is 0 Å². The highest BCUT2D eigenvalue weighted by Gasteiger charge is 2.10. The molecule has 2 N–H and O–H groups in total. The average Bonchev–Trinajstić information content (AvgIpc) is 2.39. The van der Waals surface area contributed by atoms with E-state index in [4.69, 9.17) is 0 Å². The van der Waals surface area contributed by atoms with E-state index in [-0.39, 0.29) is 12.5 Å². The van der Waals surface area contributed by atoms with Crippen LogP contribution in [0, 0.1) is 0 Å². The number of hydrogen-bond acceptors (Lipinski definition) is 3. The van der Waals surface area contributed by atoms with Gasteiger partial charge < -0.3 is 5.32 Å². The summed E-state index contributed by atoms with van der Waals surface area (Å²) in [5, 5.41) is 4.81. The predicted octanol–water partition coefficient (Wildman–Crippen LogP) is 1.53. The fourth-order valence-electron chi connectivity index (χ4n) is 1.86. The van der Waals surface area contributed by atoms with Crippen LogP contribution in [0.4, 0.5) is 4.79 Å². The normalized spacial score (nSPS) is 10.4. The number of urea groups is 1.